The molecule has 1 N–H and O–H groups in total. The maximum atomic E-state index is 12.2. The van der Waals surface area contributed by atoms with Crippen molar-refractivity contribution in [3.05, 3.63) is 65.2 Å². The van der Waals surface area contributed by atoms with E-state index in [1.807, 2.05) is 31.2 Å². The zero-order valence-corrected chi connectivity index (χ0v) is 14.4. The van der Waals surface area contributed by atoms with Gasteiger partial charge in [-0.25, -0.2) is 0 Å². The zero-order chi connectivity index (χ0) is 16.8. The van der Waals surface area contributed by atoms with E-state index in [1.54, 1.807) is 0 Å². The van der Waals surface area contributed by atoms with Crippen LogP contribution in [0.1, 0.15) is 40.7 Å². The second-order valence-electron chi connectivity index (χ2n) is 6.53. The molecule has 0 radical (unpaired) electrons. The first-order valence-electron chi connectivity index (χ1n) is 8.92. The number of carbonyl (C=O) groups excluding carboxylic acids is 1. The Hall–Kier alpha value is -2.29. The number of nitrogens with one attached hydrogen (secondary N) is 1. The van der Waals surface area contributed by atoms with Crippen molar-refractivity contribution in [1.29, 1.82) is 0 Å². The number of hydrogen-bond donors (Lipinski definition) is 1. The molecule has 1 saturated heterocycles. The number of amides is 1. The fraction of sp³-hybridized carbons (Fsp3) is 0.381. The predicted octanol–water partition coefficient (Wildman–Crippen LogP) is 3.96. The highest BCUT2D eigenvalue weighted by Gasteiger charge is 2.11. The molecule has 2 aromatic carbocycles. The molecule has 1 aliphatic rings. The van der Waals surface area contributed by atoms with Crippen molar-refractivity contribution in [1.82, 2.24) is 5.32 Å². The van der Waals surface area contributed by atoms with Gasteiger partial charge in [0.05, 0.1) is 0 Å². The van der Waals surface area contributed by atoms with E-state index in [4.69, 9.17) is 0 Å². The lowest BCUT2D eigenvalue weighted by molar-refractivity contribution is 0.0953. The minimum atomic E-state index is 0.0121. The van der Waals surface area contributed by atoms with Crippen LogP contribution < -0.4 is 10.2 Å². The lowest BCUT2D eigenvalue weighted by Crippen LogP contribution is -2.29. The Morgan fingerprint density at radius 3 is 2.42 bits per heavy atom. The number of anilines is 1. The molecular weight excluding hydrogens is 296 g/mol. The first-order chi connectivity index (χ1) is 11.7. The predicted molar refractivity (Wildman–Crippen MR) is 99.7 cm³/mol. The average Bonchev–Trinajstić information content (AvgIpc) is 2.63. The fourth-order valence-electron chi connectivity index (χ4n) is 3.27. The zero-order valence-electron chi connectivity index (χ0n) is 14.4. The van der Waals surface area contributed by atoms with E-state index in [2.05, 4.69) is 34.5 Å². The summed E-state index contributed by atoms with van der Waals surface area (Å²) in [5, 5.41) is 3.02. The lowest BCUT2D eigenvalue weighted by Gasteiger charge is -2.28. The topological polar surface area (TPSA) is 32.3 Å². The smallest absolute Gasteiger partial charge is 0.251 e. The summed E-state index contributed by atoms with van der Waals surface area (Å²) >= 11 is 0. The second kappa shape index (κ2) is 8.00. The Bertz CT molecular complexity index is 672. The van der Waals surface area contributed by atoms with E-state index in [0.717, 1.165) is 17.5 Å². The highest BCUT2D eigenvalue weighted by atomic mass is 16.1. The molecule has 0 atom stereocenters. The maximum absolute atomic E-state index is 12.2. The van der Waals surface area contributed by atoms with Crippen molar-refractivity contribution < 1.29 is 4.79 Å². The third-order valence-corrected chi connectivity index (χ3v) is 4.75. The number of piperidine rings is 1. The Morgan fingerprint density at radius 1 is 1.00 bits per heavy atom. The number of hydrogen-bond acceptors (Lipinski definition) is 2. The van der Waals surface area contributed by atoms with Crippen LogP contribution in [0.5, 0.6) is 0 Å². The molecule has 1 amide bonds. The molecule has 0 saturated carbocycles. The molecule has 1 heterocycles. The van der Waals surface area contributed by atoms with Crippen molar-refractivity contribution in [3.8, 4) is 0 Å². The molecule has 126 valence electrons. The minimum Gasteiger partial charge on any atom is -0.372 e. The normalized spacial score (nSPS) is 14.5. The first-order valence-corrected chi connectivity index (χ1v) is 8.92. The summed E-state index contributed by atoms with van der Waals surface area (Å²) < 4.78 is 0. The molecule has 2 aromatic rings. The van der Waals surface area contributed by atoms with Crippen LogP contribution in [-0.4, -0.2) is 25.5 Å². The molecule has 3 rings (SSSR count). The Morgan fingerprint density at radius 2 is 1.71 bits per heavy atom. The van der Waals surface area contributed by atoms with Gasteiger partial charge in [-0.1, -0.05) is 30.3 Å². The van der Waals surface area contributed by atoms with Crippen LogP contribution in [0, 0.1) is 6.92 Å². The maximum Gasteiger partial charge on any atom is 0.251 e. The van der Waals surface area contributed by atoms with Crippen LogP contribution in [0.4, 0.5) is 5.69 Å². The number of carbonyl (C=O) groups is 1. The average molecular weight is 322 g/mol. The minimum absolute atomic E-state index is 0.0121. The van der Waals surface area contributed by atoms with Gasteiger partial charge >= 0.3 is 0 Å². The van der Waals surface area contributed by atoms with E-state index < -0.39 is 0 Å². The van der Waals surface area contributed by atoms with E-state index in [1.165, 1.54) is 43.6 Å². The molecule has 0 aromatic heterocycles. The third-order valence-electron chi connectivity index (χ3n) is 4.75. The fourth-order valence-corrected chi connectivity index (χ4v) is 3.27. The van der Waals surface area contributed by atoms with Gasteiger partial charge in [0.1, 0.15) is 0 Å². The summed E-state index contributed by atoms with van der Waals surface area (Å²) in [5.41, 5.74) is 4.36. The van der Waals surface area contributed by atoms with Crippen LogP contribution in [0.25, 0.3) is 0 Å². The first kappa shape index (κ1) is 16.6. The van der Waals surface area contributed by atoms with E-state index in [0.29, 0.717) is 6.54 Å². The number of nitrogens with zero attached hydrogens (tertiary/aromatic N) is 1. The molecule has 24 heavy (non-hydrogen) atoms. The van der Waals surface area contributed by atoms with Crippen molar-refractivity contribution >= 4 is 11.6 Å². The monoisotopic (exact) mass is 322 g/mol. The van der Waals surface area contributed by atoms with Gasteiger partial charge in [-0.2, -0.15) is 0 Å². The van der Waals surface area contributed by atoms with Crippen molar-refractivity contribution in [2.24, 2.45) is 0 Å². The summed E-state index contributed by atoms with van der Waals surface area (Å²) in [4.78, 5) is 14.7. The Kier molecular flexibility index (Phi) is 5.52. The Balaban J connectivity index is 1.50. The number of benzene rings is 2. The molecule has 1 aliphatic heterocycles. The molecule has 3 heteroatoms. The number of aryl methyl sites for hydroxylation is 1. The van der Waals surface area contributed by atoms with Crippen LogP contribution in [0.2, 0.25) is 0 Å². The summed E-state index contributed by atoms with van der Waals surface area (Å²) in [6.07, 6.45) is 4.81. The molecule has 1 fully saturated rings. The molecule has 0 unspecified atom stereocenters. The van der Waals surface area contributed by atoms with Crippen molar-refractivity contribution in [2.45, 2.75) is 32.6 Å². The van der Waals surface area contributed by atoms with Crippen LogP contribution >= 0.6 is 0 Å². The van der Waals surface area contributed by atoms with Gasteiger partial charge in [0.15, 0.2) is 0 Å². The largest absolute Gasteiger partial charge is 0.372 e. The van der Waals surface area contributed by atoms with E-state index in [9.17, 15) is 4.79 Å². The van der Waals surface area contributed by atoms with Crippen LogP contribution in [0.15, 0.2) is 48.5 Å². The van der Waals surface area contributed by atoms with Gasteiger partial charge < -0.3 is 10.2 Å². The molecule has 0 bridgehead atoms. The Labute approximate surface area is 144 Å². The SMILES string of the molecule is Cc1ccccc1C(=O)NCCc1ccc(N2CCCCC2)cc1. The van der Waals surface area contributed by atoms with Gasteiger partial charge in [-0.05, 0) is 61.9 Å². The highest BCUT2D eigenvalue weighted by Crippen LogP contribution is 2.20. The van der Waals surface area contributed by atoms with E-state index >= 15 is 0 Å². The van der Waals surface area contributed by atoms with Crippen LogP contribution in [0.3, 0.4) is 0 Å². The van der Waals surface area contributed by atoms with Gasteiger partial charge in [0.2, 0.25) is 0 Å². The molecule has 0 aliphatic carbocycles. The summed E-state index contributed by atoms with van der Waals surface area (Å²) in [7, 11) is 0. The van der Waals surface area contributed by atoms with Gasteiger partial charge in [0, 0.05) is 30.9 Å². The molecule has 3 nitrogen and oxygen atoms in total. The van der Waals surface area contributed by atoms with E-state index in [-0.39, 0.29) is 5.91 Å². The van der Waals surface area contributed by atoms with Gasteiger partial charge in [-0.15, -0.1) is 0 Å². The standard InChI is InChI=1S/C21H26N2O/c1-17-7-3-4-8-20(17)21(24)22-14-13-18-9-11-19(12-10-18)23-15-5-2-6-16-23/h3-4,7-12H,2,5-6,13-16H2,1H3,(H,22,24). The second-order valence-corrected chi connectivity index (χ2v) is 6.53. The highest BCUT2D eigenvalue weighted by molar-refractivity contribution is 5.95. The van der Waals surface area contributed by atoms with Crippen molar-refractivity contribution in [3.63, 3.8) is 0 Å². The van der Waals surface area contributed by atoms with Gasteiger partial charge in [0.25, 0.3) is 5.91 Å². The summed E-state index contributed by atoms with van der Waals surface area (Å²) in [5.74, 6) is 0.0121. The quantitative estimate of drug-likeness (QED) is 0.904. The summed E-state index contributed by atoms with van der Waals surface area (Å²) in [6, 6.07) is 16.5. The number of rotatable bonds is 5. The lowest BCUT2D eigenvalue weighted by atomic mass is 10.1. The van der Waals surface area contributed by atoms with Crippen LogP contribution in [-0.2, 0) is 6.42 Å². The summed E-state index contributed by atoms with van der Waals surface area (Å²) in [6.45, 7) is 4.97. The molecular formula is C21H26N2O. The third kappa shape index (κ3) is 4.16. The van der Waals surface area contributed by atoms with Gasteiger partial charge in [-0.3, -0.25) is 4.79 Å². The van der Waals surface area contributed by atoms with Crippen molar-refractivity contribution in [2.75, 3.05) is 24.5 Å². The molecule has 0 spiro atoms.